The standard InChI is InChI=1S/C53H65BrN11O5P/c1-5-35-31-42(58-52-55-33-39(54)50(60-52)57-41-16-15-40-38(14-13-34(4)56-40)49(41)71(69)29-8-9-30-71)46(70-7-3)32-45(35)63-23-20-37(21-24-63)62-27-25-61(26-28-62)22-19-36-11-10-12-43-48(36)64(6-2)53(68)65(43)44-17-18-47(66)59-51(44)67/h10-16,31-33,37,44H,5-9,17-30H2,1-4H3,(H,59,66,67)(H2,55,57,58,60). The molecule has 0 aliphatic carbocycles. The summed E-state index contributed by atoms with van der Waals surface area (Å²) in [6.07, 6.45) is 9.41. The zero-order chi connectivity index (χ0) is 49.4. The van der Waals surface area contributed by atoms with Crippen LogP contribution in [-0.4, -0.2) is 116 Å². The van der Waals surface area contributed by atoms with Gasteiger partial charge in [-0.05, 0) is 123 Å². The summed E-state index contributed by atoms with van der Waals surface area (Å²) in [6.45, 7) is 16.0. The van der Waals surface area contributed by atoms with E-state index >= 15 is 0 Å². The van der Waals surface area contributed by atoms with Gasteiger partial charge in [0, 0.05) is 111 Å². The van der Waals surface area contributed by atoms with Crippen molar-refractivity contribution in [3.05, 3.63) is 92.6 Å². The lowest BCUT2D eigenvalue weighted by molar-refractivity contribution is -0.135. The number of fused-ring (bicyclic) bond motifs is 2. The number of piperidine rings is 2. The molecule has 2 amide bonds. The van der Waals surface area contributed by atoms with E-state index in [0.29, 0.717) is 54.2 Å². The number of para-hydroxylation sites is 1. The number of ether oxygens (including phenoxy) is 1. The van der Waals surface area contributed by atoms with Gasteiger partial charge < -0.3 is 29.7 Å². The van der Waals surface area contributed by atoms with E-state index in [1.165, 1.54) is 11.3 Å². The van der Waals surface area contributed by atoms with Crippen LogP contribution in [0.3, 0.4) is 0 Å². The highest BCUT2D eigenvalue weighted by Crippen LogP contribution is 2.54. The molecule has 4 aliphatic rings. The highest BCUT2D eigenvalue weighted by Gasteiger charge is 2.35. The first kappa shape index (κ1) is 49.0. The second-order valence-electron chi connectivity index (χ2n) is 19.4. The minimum Gasteiger partial charge on any atom is -0.492 e. The van der Waals surface area contributed by atoms with Crippen molar-refractivity contribution >= 4 is 91.0 Å². The third kappa shape index (κ3) is 9.87. The number of piperazine rings is 1. The third-order valence-electron chi connectivity index (χ3n) is 15.1. The van der Waals surface area contributed by atoms with Crippen LogP contribution in [0.5, 0.6) is 5.75 Å². The Hall–Kier alpha value is -5.61. The number of hydrogen-bond donors (Lipinski definition) is 3. The van der Waals surface area contributed by atoms with E-state index in [4.69, 9.17) is 14.7 Å². The summed E-state index contributed by atoms with van der Waals surface area (Å²) in [6, 6.07) is 18.2. The summed E-state index contributed by atoms with van der Waals surface area (Å²) in [4.78, 5) is 60.5. The molecule has 4 saturated heterocycles. The average Bonchev–Trinajstić information content (AvgIpc) is 3.95. The number of anilines is 5. The van der Waals surface area contributed by atoms with E-state index in [1.54, 1.807) is 15.3 Å². The summed E-state index contributed by atoms with van der Waals surface area (Å²) in [5.41, 5.74) is 8.35. The van der Waals surface area contributed by atoms with Gasteiger partial charge in [-0.15, -0.1) is 0 Å². The molecule has 3 N–H and O–H groups in total. The molecule has 16 nitrogen and oxygen atoms in total. The molecule has 1 unspecified atom stereocenters. The highest BCUT2D eigenvalue weighted by atomic mass is 79.9. The number of imide groups is 1. The van der Waals surface area contributed by atoms with Crippen LogP contribution < -0.4 is 36.6 Å². The maximum atomic E-state index is 14.5. The maximum absolute atomic E-state index is 14.5. The summed E-state index contributed by atoms with van der Waals surface area (Å²) < 4.78 is 24.9. The molecule has 0 radical (unpaired) electrons. The second kappa shape index (κ2) is 20.9. The summed E-state index contributed by atoms with van der Waals surface area (Å²) in [5, 5.41) is 11.3. The summed E-state index contributed by atoms with van der Waals surface area (Å²) in [5.74, 6) is 1.04. The SMILES string of the molecule is CCOc1cc(N2CCC(N3CCN(CCc4cccc5c4n(CC)c(=O)n5C4CCC(=O)NC4=O)CC3)CC2)c(CC)cc1Nc1ncc(Br)c(Nc2ccc3nc(C)ccc3c2P2(=O)CCCC2)n1. The summed E-state index contributed by atoms with van der Waals surface area (Å²) in [7, 11) is -2.64. The molecule has 7 heterocycles. The van der Waals surface area contributed by atoms with E-state index < -0.39 is 19.1 Å². The molecule has 18 heteroatoms. The van der Waals surface area contributed by atoms with Crippen LogP contribution in [0.25, 0.3) is 21.9 Å². The number of carbonyl (C=O) groups is 2. The minimum absolute atomic E-state index is 0.199. The number of rotatable bonds is 15. The van der Waals surface area contributed by atoms with Crippen LogP contribution in [0.4, 0.5) is 28.8 Å². The molecule has 3 aromatic heterocycles. The van der Waals surface area contributed by atoms with Gasteiger partial charge in [-0.2, -0.15) is 4.98 Å². The van der Waals surface area contributed by atoms with Crippen LogP contribution in [0.2, 0.25) is 0 Å². The molecule has 4 fully saturated rings. The van der Waals surface area contributed by atoms with Gasteiger partial charge in [0.2, 0.25) is 17.8 Å². The van der Waals surface area contributed by atoms with Crippen molar-refractivity contribution in [3.63, 3.8) is 0 Å². The van der Waals surface area contributed by atoms with E-state index in [2.05, 4.69) is 82.8 Å². The molecule has 10 rings (SSSR count). The predicted octanol–water partition coefficient (Wildman–Crippen LogP) is 8.27. The smallest absolute Gasteiger partial charge is 0.329 e. The molecule has 4 aliphatic heterocycles. The van der Waals surface area contributed by atoms with Crippen molar-refractivity contribution in [2.75, 3.05) is 80.3 Å². The largest absolute Gasteiger partial charge is 0.492 e. The fraction of sp³-hybridized carbons (Fsp3) is 0.472. The minimum atomic E-state index is -2.64. The lowest BCUT2D eigenvalue weighted by atomic mass is 9.99. The number of pyridine rings is 1. The van der Waals surface area contributed by atoms with Gasteiger partial charge in [0.05, 0.1) is 39.0 Å². The lowest BCUT2D eigenvalue weighted by Crippen LogP contribution is -2.53. The van der Waals surface area contributed by atoms with Gasteiger partial charge in [0.25, 0.3) is 0 Å². The van der Waals surface area contributed by atoms with E-state index in [1.807, 2.05) is 51.1 Å². The Balaban J connectivity index is 0.781. The van der Waals surface area contributed by atoms with Crippen molar-refractivity contribution in [1.82, 2.24) is 39.2 Å². The van der Waals surface area contributed by atoms with Crippen molar-refractivity contribution in [3.8, 4) is 5.75 Å². The molecule has 6 aromatic rings. The number of nitrogens with zero attached hydrogens (tertiary/aromatic N) is 8. The molecular weight excluding hydrogens is 982 g/mol. The topological polar surface area (TPSA) is 172 Å². The molecule has 374 valence electrons. The second-order valence-corrected chi connectivity index (χ2v) is 23.4. The molecule has 71 heavy (non-hydrogen) atoms. The zero-order valence-corrected chi connectivity index (χ0v) is 43.8. The number of carbonyl (C=O) groups excluding carboxylic acids is 2. The Morgan fingerprint density at radius 1 is 0.873 bits per heavy atom. The Morgan fingerprint density at radius 3 is 2.39 bits per heavy atom. The number of halogens is 1. The number of benzene rings is 3. The number of amides is 2. The Kier molecular flexibility index (Phi) is 14.4. The lowest BCUT2D eigenvalue weighted by Gasteiger charge is -2.43. The van der Waals surface area contributed by atoms with E-state index in [-0.39, 0.29) is 18.0 Å². The number of hydrogen-bond acceptors (Lipinski definition) is 13. The monoisotopic (exact) mass is 1050 g/mol. The molecule has 0 spiro atoms. The molecule has 0 saturated carbocycles. The van der Waals surface area contributed by atoms with Crippen molar-refractivity contribution in [2.45, 2.75) is 97.7 Å². The van der Waals surface area contributed by atoms with Crippen LogP contribution in [0.15, 0.2) is 70.1 Å². The predicted molar refractivity (Wildman–Crippen MR) is 286 cm³/mol. The summed E-state index contributed by atoms with van der Waals surface area (Å²) >= 11 is 3.68. The van der Waals surface area contributed by atoms with Crippen LogP contribution in [0.1, 0.15) is 82.2 Å². The fourth-order valence-corrected chi connectivity index (χ4v) is 15.1. The van der Waals surface area contributed by atoms with Gasteiger partial charge in [-0.3, -0.25) is 33.9 Å². The van der Waals surface area contributed by atoms with Gasteiger partial charge in [-0.25, -0.2) is 9.78 Å². The Bertz CT molecular complexity index is 3100. The Labute approximate surface area is 423 Å². The first-order chi connectivity index (χ1) is 34.4. The van der Waals surface area contributed by atoms with Crippen LogP contribution in [-0.2, 0) is 33.5 Å². The quantitative estimate of drug-likeness (QED) is 0.0664. The van der Waals surface area contributed by atoms with Crippen molar-refractivity contribution in [2.24, 2.45) is 0 Å². The van der Waals surface area contributed by atoms with E-state index in [0.717, 1.165) is 140 Å². The van der Waals surface area contributed by atoms with Crippen LogP contribution in [0, 0.1) is 6.92 Å². The number of aromatic nitrogens is 5. The first-order valence-electron chi connectivity index (χ1n) is 25.6. The fourth-order valence-electron chi connectivity index (χ4n) is 11.5. The third-order valence-corrected chi connectivity index (χ3v) is 19.1. The highest BCUT2D eigenvalue weighted by molar-refractivity contribution is 9.10. The maximum Gasteiger partial charge on any atom is 0.329 e. The normalized spacial score (nSPS) is 19.2. The molecule has 3 aromatic carbocycles. The number of imidazole rings is 1. The molecule has 1 atom stereocenters. The van der Waals surface area contributed by atoms with Gasteiger partial charge in [0.1, 0.15) is 24.8 Å². The number of nitrogens with one attached hydrogen (secondary N) is 3. The zero-order valence-electron chi connectivity index (χ0n) is 41.3. The number of aryl methyl sites for hydroxylation is 3. The average molecular weight is 1050 g/mol. The van der Waals surface area contributed by atoms with Gasteiger partial charge in [-0.1, -0.05) is 25.1 Å². The van der Waals surface area contributed by atoms with Crippen LogP contribution >= 0.6 is 23.1 Å². The Morgan fingerprint density at radius 2 is 1.66 bits per heavy atom. The molecular formula is C53H65BrN11O5P. The van der Waals surface area contributed by atoms with Gasteiger partial charge >= 0.3 is 5.69 Å². The van der Waals surface area contributed by atoms with Crippen molar-refractivity contribution < 1.29 is 18.9 Å². The van der Waals surface area contributed by atoms with Crippen molar-refractivity contribution in [1.29, 1.82) is 0 Å². The van der Waals surface area contributed by atoms with Gasteiger partial charge in [0.15, 0.2) is 0 Å². The van der Waals surface area contributed by atoms with E-state index in [9.17, 15) is 18.9 Å². The molecule has 0 bridgehead atoms. The first-order valence-corrected chi connectivity index (χ1v) is 28.4.